The van der Waals surface area contributed by atoms with Crippen LogP contribution in [0.3, 0.4) is 0 Å². The van der Waals surface area contributed by atoms with Gasteiger partial charge in [0.05, 0.1) is 4.92 Å². The summed E-state index contributed by atoms with van der Waals surface area (Å²) in [6.07, 6.45) is 0. The quantitative estimate of drug-likeness (QED) is 0.540. The van der Waals surface area contributed by atoms with Gasteiger partial charge in [0.25, 0.3) is 5.69 Å². The molecule has 0 bridgehead atoms. The van der Waals surface area contributed by atoms with Gasteiger partial charge in [-0.15, -0.1) is 0 Å². The number of nitriles is 1. The molecule has 6 heteroatoms. The standard InChI is InChI=1S/C8H4F2N2O2/c9-8(10,5-11)6-2-1-3-7(4-6)12(13)14/h1-4H. The van der Waals surface area contributed by atoms with Crippen LogP contribution >= 0.6 is 0 Å². The van der Waals surface area contributed by atoms with Crippen molar-refractivity contribution in [2.75, 3.05) is 0 Å². The SMILES string of the molecule is N#CC(F)(F)c1cccc([N+](=O)[O-])c1. The van der Waals surface area contributed by atoms with Crippen LogP contribution in [0, 0.1) is 21.4 Å². The molecule has 0 N–H and O–H groups in total. The number of halogens is 2. The molecule has 0 spiro atoms. The number of rotatable bonds is 2. The summed E-state index contributed by atoms with van der Waals surface area (Å²) in [6, 6.07) is 4.61. The number of hydrogen-bond donors (Lipinski definition) is 0. The maximum Gasteiger partial charge on any atom is 0.357 e. The fourth-order valence-electron chi connectivity index (χ4n) is 0.879. The van der Waals surface area contributed by atoms with Crippen LogP contribution in [0.25, 0.3) is 0 Å². The van der Waals surface area contributed by atoms with Crippen LogP contribution in [0.5, 0.6) is 0 Å². The largest absolute Gasteiger partial charge is 0.357 e. The van der Waals surface area contributed by atoms with Crippen LogP contribution in [0.4, 0.5) is 14.5 Å². The number of alkyl halides is 2. The number of benzene rings is 1. The van der Waals surface area contributed by atoms with Gasteiger partial charge in [-0.1, -0.05) is 12.1 Å². The molecule has 0 amide bonds. The van der Waals surface area contributed by atoms with Crippen molar-refractivity contribution >= 4 is 5.69 Å². The van der Waals surface area contributed by atoms with Crippen LogP contribution in [0.15, 0.2) is 24.3 Å². The Balaban J connectivity index is 3.20. The molecule has 1 aromatic rings. The van der Waals surface area contributed by atoms with Crippen LogP contribution < -0.4 is 0 Å². The van der Waals surface area contributed by atoms with Gasteiger partial charge >= 0.3 is 5.92 Å². The minimum atomic E-state index is -3.69. The first-order chi connectivity index (χ1) is 6.47. The summed E-state index contributed by atoms with van der Waals surface area (Å²) in [5.74, 6) is -3.69. The van der Waals surface area contributed by atoms with Gasteiger partial charge in [0, 0.05) is 17.7 Å². The molecule has 1 aromatic carbocycles. The highest BCUT2D eigenvalue weighted by Crippen LogP contribution is 2.28. The zero-order valence-electron chi connectivity index (χ0n) is 6.78. The Labute approximate surface area is 77.5 Å². The van der Waals surface area contributed by atoms with E-state index < -0.39 is 22.1 Å². The first-order valence-corrected chi connectivity index (χ1v) is 3.51. The van der Waals surface area contributed by atoms with Gasteiger partial charge in [-0.2, -0.15) is 14.0 Å². The van der Waals surface area contributed by atoms with Crippen molar-refractivity contribution in [3.63, 3.8) is 0 Å². The smallest absolute Gasteiger partial charge is 0.258 e. The maximum atomic E-state index is 12.7. The van der Waals surface area contributed by atoms with E-state index in [9.17, 15) is 18.9 Å². The van der Waals surface area contributed by atoms with Crippen molar-refractivity contribution in [1.29, 1.82) is 5.26 Å². The van der Waals surface area contributed by atoms with Gasteiger partial charge < -0.3 is 0 Å². The fourth-order valence-corrected chi connectivity index (χ4v) is 0.879. The maximum absolute atomic E-state index is 12.7. The molecule has 0 saturated carbocycles. The molecule has 0 unspecified atom stereocenters. The normalized spacial score (nSPS) is 10.6. The van der Waals surface area contributed by atoms with Gasteiger partial charge in [0.2, 0.25) is 0 Å². The Kier molecular flexibility index (Phi) is 2.42. The molecule has 4 nitrogen and oxygen atoms in total. The van der Waals surface area contributed by atoms with E-state index in [1.807, 2.05) is 0 Å². The minimum Gasteiger partial charge on any atom is -0.258 e. The van der Waals surface area contributed by atoms with Crippen molar-refractivity contribution in [3.05, 3.63) is 39.9 Å². The Morgan fingerprint density at radius 3 is 2.64 bits per heavy atom. The molecule has 0 fully saturated rings. The molecule has 0 aromatic heterocycles. The second kappa shape index (κ2) is 3.38. The Hall–Kier alpha value is -2.03. The number of nitrogens with zero attached hydrogens (tertiary/aromatic N) is 2. The van der Waals surface area contributed by atoms with Crippen molar-refractivity contribution in [2.45, 2.75) is 5.92 Å². The monoisotopic (exact) mass is 198 g/mol. The zero-order chi connectivity index (χ0) is 10.8. The number of hydrogen-bond acceptors (Lipinski definition) is 3. The summed E-state index contributed by atoms with van der Waals surface area (Å²) in [6.45, 7) is 0. The van der Waals surface area contributed by atoms with E-state index in [-0.39, 0.29) is 0 Å². The molecule has 0 aliphatic rings. The van der Waals surface area contributed by atoms with Crippen LogP contribution in [-0.4, -0.2) is 4.92 Å². The zero-order valence-corrected chi connectivity index (χ0v) is 6.78. The highest BCUT2D eigenvalue weighted by molar-refractivity contribution is 5.38. The van der Waals surface area contributed by atoms with Crippen molar-refractivity contribution in [3.8, 4) is 6.07 Å². The van der Waals surface area contributed by atoms with Gasteiger partial charge in [0.1, 0.15) is 6.07 Å². The lowest BCUT2D eigenvalue weighted by Crippen LogP contribution is -2.09. The van der Waals surface area contributed by atoms with E-state index in [1.165, 1.54) is 0 Å². The van der Waals surface area contributed by atoms with E-state index in [1.54, 1.807) is 0 Å². The number of nitro benzene ring substituents is 1. The lowest BCUT2D eigenvalue weighted by molar-refractivity contribution is -0.385. The van der Waals surface area contributed by atoms with Crippen molar-refractivity contribution in [1.82, 2.24) is 0 Å². The second-order valence-corrected chi connectivity index (χ2v) is 2.49. The Bertz CT molecular complexity index is 412. The first kappa shape index (κ1) is 10.1. The van der Waals surface area contributed by atoms with E-state index >= 15 is 0 Å². The predicted molar refractivity (Wildman–Crippen MR) is 42.6 cm³/mol. The Morgan fingerprint density at radius 1 is 1.50 bits per heavy atom. The summed E-state index contributed by atoms with van der Waals surface area (Å²) in [5.41, 5.74) is -1.13. The van der Waals surface area contributed by atoms with E-state index in [0.29, 0.717) is 6.07 Å². The molecular formula is C8H4F2N2O2. The van der Waals surface area contributed by atoms with Crippen LogP contribution in [-0.2, 0) is 5.92 Å². The third kappa shape index (κ3) is 1.82. The van der Waals surface area contributed by atoms with Gasteiger partial charge in [-0.25, -0.2) is 0 Å². The second-order valence-electron chi connectivity index (χ2n) is 2.49. The average molecular weight is 198 g/mol. The molecule has 0 radical (unpaired) electrons. The average Bonchev–Trinajstić information content (AvgIpc) is 2.18. The molecule has 0 saturated heterocycles. The van der Waals surface area contributed by atoms with Crippen LogP contribution in [0.2, 0.25) is 0 Å². The molecule has 72 valence electrons. The highest BCUT2D eigenvalue weighted by atomic mass is 19.3. The fraction of sp³-hybridized carbons (Fsp3) is 0.125. The number of non-ortho nitro benzene ring substituents is 1. The van der Waals surface area contributed by atoms with Crippen molar-refractivity contribution < 1.29 is 13.7 Å². The molecule has 14 heavy (non-hydrogen) atoms. The minimum absolute atomic E-state index is 0.461. The molecule has 0 aliphatic carbocycles. The summed E-state index contributed by atoms with van der Waals surface area (Å²) in [7, 11) is 0. The highest BCUT2D eigenvalue weighted by Gasteiger charge is 2.32. The topological polar surface area (TPSA) is 66.9 Å². The third-order valence-electron chi connectivity index (χ3n) is 1.56. The Morgan fingerprint density at radius 2 is 2.14 bits per heavy atom. The number of nitro groups is 1. The molecule has 0 aliphatic heterocycles. The van der Waals surface area contributed by atoms with Crippen LogP contribution in [0.1, 0.15) is 5.56 Å². The summed E-state index contributed by atoms with van der Waals surface area (Å²) < 4.78 is 25.5. The summed E-state index contributed by atoms with van der Waals surface area (Å²) >= 11 is 0. The third-order valence-corrected chi connectivity index (χ3v) is 1.56. The molecular weight excluding hydrogens is 194 g/mol. The summed E-state index contributed by atoms with van der Waals surface area (Å²) in [4.78, 5) is 9.45. The van der Waals surface area contributed by atoms with Gasteiger partial charge in [-0.3, -0.25) is 10.1 Å². The van der Waals surface area contributed by atoms with Gasteiger partial charge in [-0.05, 0) is 0 Å². The lowest BCUT2D eigenvalue weighted by atomic mass is 10.1. The van der Waals surface area contributed by atoms with E-state index in [2.05, 4.69) is 0 Å². The van der Waals surface area contributed by atoms with E-state index in [0.717, 1.165) is 24.3 Å². The lowest BCUT2D eigenvalue weighted by Gasteiger charge is -2.06. The van der Waals surface area contributed by atoms with Crippen molar-refractivity contribution in [2.24, 2.45) is 0 Å². The van der Waals surface area contributed by atoms with Gasteiger partial charge in [0.15, 0.2) is 0 Å². The summed E-state index contributed by atoms with van der Waals surface area (Å²) in [5, 5.41) is 18.4. The molecule has 1 rings (SSSR count). The predicted octanol–water partition coefficient (Wildman–Crippen LogP) is 2.21. The first-order valence-electron chi connectivity index (χ1n) is 3.51. The molecule has 0 heterocycles. The molecule has 0 atom stereocenters. The van der Waals surface area contributed by atoms with E-state index in [4.69, 9.17) is 5.26 Å².